The lowest BCUT2D eigenvalue weighted by molar-refractivity contribution is 0.370. The van der Waals surface area contributed by atoms with Gasteiger partial charge >= 0.3 is 0 Å². The smallest absolute Gasteiger partial charge is 0.277 e. The second-order valence-electron chi connectivity index (χ2n) is 5.21. The van der Waals surface area contributed by atoms with E-state index in [0.29, 0.717) is 19.4 Å². The van der Waals surface area contributed by atoms with Crippen LogP contribution in [0.1, 0.15) is 58.3 Å². The van der Waals surface area contributed by atoms with E-state index in [4.69, 9.17) is 18.0 Å². The standard InChI is InChI=1S/C12H25N3O2S2/c1-2-10-14-19(16,17)15-12(11(13)18)8-6-4-3-5-7-9-12/h14-15H,2-10H2,1H3,(H2,13,18). The molecule has 1 saturated carbocycles. The van der Waals surface area contributed by atoms with Gasteiger partial charge in [0, 0.05) is 6.54 Å². The van der Waals surface area contributed by atoms with Gasteiger partial charge in [-0.3, -0.25) is 0 Å². The molecule has 0 spiro atoms. The summed E-state index contributed by atoms with van der Waals surface area (Å²) in [5, 5.41) is 0. The van der Waals surface area contributed by atoms with E-state index in [-0.39, 0.29) is 4.99 Å². The fourth-order valence-corrected chi connectivity index (χ4v) is 4.13. The van der Waals surface area contributed by atoms with Crippen LogP contribution in [0, 0.1) is 0 Å². The van der Waals surface area contributed by atoms with Crippen LogP contribution in [0.15, 0.2) is 0 Å². The molecule has 0 aromatic heterocycles. The summed E-state index contributed by atoms with van der Waals surface area (Å²) in [6.45, 7) is 2.34. The van der Waals surface area contributed by atoms with Crippen molar-refractivity contribution in [1.82, 2.24) is 9.44 Å². The van der Waals surface area contributed by atoms with Gasteiger partial charge in [-0.2, -0.15) is 13.1 Å². The molecule has 0 saturated heterocycles. The number of hydrogen-bond acceptors (Lipinski definition) is 3. The van der Waals surface area contributed by atoms with E-state index in [2.05, 4.69) is 9.44 Å². The molecule has 0 radical (unpaired) electrons. The number of thiocarbonyl (C=S) groups is 1. The van der Waals surface area contributed by atoms with Gasteiger partial charge in [-0.05, 0) is 19.3 Å². The van der Waals surface area contributed by atoms with Crippen molar-refractivity contribution in [3.63, 3.8) is 0 Å². The molecule has 0 aromatic carbocycles. The Bertz CT molecular complexity index is 388. The zero-order valence-corrected chi connectivity index (χ0v) is 13.2. The first-order valence-corrected chi connectivity index (χ1v) is 8.89. The minimum absolute atomic E-state index is 0.260. The molecule has 0 amide bonds. The largest absolute Gasteiger partial charge is 0.392 e. The van der Waals surface area contributed by atoms with Crippen LogP contribution in [-0.4, -0.2) is 25.5 Å². The molecule has 0 aliphatic heterocycles. The number of rotatable bonds is 6. The predicted molar refractivity (Wildman–Crippen MR) is 82.2 cm³/mol. The lowest BCUT2D eigenvalue weighted by Gasteiger charge is -2.35. The predicted octanol–water partition coefficient (Wildman–Crippen LogP) is 1.59. The molecular formula is C12H25N3O2S2. The van der Waals surface area contributed by atoms with Crippen molar-refractivity contribution in [1.29, 1.82) is 0 Å². The molecule has 4 N–H and O–H groups in total. The average molecular weight is 307 g/mol. The first-order chi connectivity index (χ1) is 8.92. The van der Waals surface area contributed by atoms with Crippen molar-refractivity contribution in [3.8, 4) is 0 Å². The minimum atomic E-state index is -3.54. The van der Waals surface area contributed by atoms with Crippen LogP contribution in [0.25, 0.3) is 0 Å². The van der Waals surface area contributed by atoms with Gasteiger partial charge in [0.05, 0.1) is 10.5 Å². The Balaban J connectivity index is 2.82. The zero-order chi connectivity index (χ0) is 14.4. The molecule has 1 aliphatic rings. The summed E-state index contributed by atoms with van der Waals surface area (Å²) in [7, 11) is -3.54. The van der Waals surface area contributed by atoms with Crippen LogP contribution in [0.4, 0.5) is 0 Å². The molecular weight excluding hydrogens is 282 g/mol. The minimum Gasteiger partial charge on any atom is -0.392 e. The first-order valence-electron chi connectivity index (χ1n) is 7.00. The quantitative estimate of drug-likeness (QED) is 0.651. The fraction of sp³-hybridized carbons (Fsp3) is 0.917. The fourth-order valence-electron chi connectivity index (χ4n) is 2.44. The molecule has 1 aliphatic carbocycles. The third-order valence-corrected chi connectivity index (χ3v) is 5.18. The Labute approximate surface area is 121 Å². The highest BCUT2D eigenvalue weighted by Crippen LogP contribution is 2.27. The van der Waals surface area contributed by atoms with E-state index in [0.717, 1.165) is 32.1 Å². The Morgan fingerprint density at radius 2 is 1.74 bits per heavy atom. The summed E-state index contributed by atoms with van der Waals surface area (Å²) >= 11 is 5.14. The monoisotopic (exact) mass is 307 g/mol. The van der Waals surface area contributed by atoms with Gasteiger partial charge in [-0.25, -0.2) is 4.72 Å². The molecule has 0 unspecified atom stereocenters. The van der Waals surface area contributed by atoms with Crippen molar-refractivity contribution in [2.24, 2.45) is 5.73 Å². The average Bonchev–Trinajstić information content (AvgIpc) is 2.30. The highest BCUT2D eigenvalue weighted by atomic mass is 32.2. The van der Waals surface area contributed by atoms with Gasteiger partial charge in [0.15, 0.2) is 0 Å². The third kappa shape index (κ3) is 5.33. The summed E-state index contributed by atoms with van der Waals surface area (Å²) in [6, 6.07) is 0. The van der Waals surface area contributed by atoms with Gasteiger partial charge in [0.25, 0.3) is 10.2 Å². The van der Waals surface area contributed by atoms with Gasteiger partial charge in [-0.1, -0.05) is 51.2 Å². The molecule has 0 aromatic rings. The topological polar surface area (TPSA) is 84.2 Å². The van der Waals surface area contributed by atoms with E-state index in [1.807, 2.05) is 6.92 Å². The maximum absolute atomic E-state index is 12.0. The summed E-state index contributed by atoms with van der Waals surface area (Å²) in [6.07, 6.45) is 7.45. The van der Waals surface area contributed by atoms with E-state index in [9.17, 15) is 8.42 Å². The van der Waals surface area contributed by atoms with Crippen LogP contribution < -0.4 is 15.2 Å². The zero-order valence-electron chi connectivity index (χ0n) is 11.6. The van der Waals surface area contributed by atoms with E-state index in [1.54, 1.807) is 0 Å². The van der Waals surface area contributed by atoms with Crippen molar-refractivity contribution in [3.05, 3.63) is 0 Å². The normalized spacial score (nSPS) is 20.5. The van der Waals surface area contributed by atoms with E-state index < -0.39 is 15.7 Å². The van der Waals surface area contributed by atoms with Gasteiger partial charge in [-0.15, -0.1) is 0 Å². The van der Waals surface area contributed by atoms with Crippen molar-refractivity contribution < 1.29 is 8.42 Å². The highest BCUT2D eigenvalue weighted by Gasteiger charge is 2.37. The second kappa shape index (κ2) is 7.52. The van der Waals surface area contributed by atoms with Crippen LogP contribution in [0.5, 0.6) is 0 Å². The second-order valence-corrected chi connectivity index (χ2v) is 7.15. The van der Waals surface area contributed by atoms with Crippen molar-refractivity contribution in [2.45, 2.75) is 63.8 Å². The third-order valence-electron chi connectivity index (χ3n) is 3.55. The molecule has 5 nitrogen and oxygen atoms in total. The number of nitrogens with one attached hydrogen (secondary N) is 2. The van der Waals surface area contributed by atoms with Crippen LogP contribution in [-0.2, 0) is 10.2 Å². The molecule has 0 bridgehead atoms. The lowest BCUT2D eigenvalue weighted by atomic mass is 9.85. The Hall–Kier alpha value is -0.240. The lowest BCUT2D eigenvalue weighted by Crippen LogP contribution is -2.59. The van der Waals surface area contributed by atoms with Crippen molar-refractivity contribution in [2.75, 3.05) is 6.54 Å². The SMILES string of the molecule is CCCNS(=O)(=O)NC1(C(N)=S)CCCCCCC1. The molecule has 0 heterocycles. The molecule has 7 heteroatoms. The Morgan fingerprint density at radius 1 is 1.21 bits per heavy atom. The van der Waals surface area contributed by atoms with E-state index >= 15 is 0 Å². The molecule has 1 rings (SSSR count). The van der Waals surface area contributed by atoms with Gasteiger partial charge in [0.2, 0.25) is 0 Å². The Morgan fingerprint density at radius 3 is 2.21 bits per heavy atom. The van der Waals surface area contributed by atoms with Crippen LogP contribution in [0.2, 0.25) is 0 Å². The van der Waals surface area contributed by atoms with Crippen LogP contribution >= 0.6 is 12.2 Å². The van der Waals surface area contributed by atoms with E-state index in [1.165, 1.54) is 6.42 Å². The number of hydrogen-bond donors (Lipinski definition) is 3. The van der Waals surface area contributed by atoms with Gasteiger partial charge < -0.3 is 5.73 Å². The summed E-state index contributed by atoms with van der Waals surface area (Å²) in [5.74, 6) is 0. The van der Waals surface area contributed by atoms with Crippen molar-refractivity contribution >= 4 is 27.4 Å². The highest BCUT2D eigenvalue weighted by molar-refractivity contribution is 7.87. The molecule has 19 heavy (non-hydrogen) atoms. The summed E-state index contributed by atoms with van der Waals surface area (Å²) < 4.78 is 29.3. The van der Waals surface area contributed by atoms with Gasteiger partial charge in [0.1, 0.15) is 0 Å². The maximum Gasteiger partial charge on any atom is 0.277 e. The number of nitrogens with two attached hydrogens (primary N) is 1. The molecule has 112 valence electrons. The summed E-state index contributed by atoms with van der Waals surface area (Å²) in [5.41, 5.74) is 5.08. The summed E-state index contributed by atoms with van der Waals surface area (Å²) in [4.78, 5) is 0.260. The Kier molecular flexibility index (Phi) is 6.65. The molecule has 1 fully saturated rings. The first kappa shape index (κ1) is 16.8. The maximum atomic E-state index is 12.0. The van der Waals surface area contributed by atoms with Crippen LogP contribution in [0.3, 0.4) is 0 Å². The molecule has 0 atom stereocenters.